The predicted molar refractivity (Wildman–Crippen MR) is 81.4 cm³/mol. The van der Waals surface area contributed by atoms with Gasteiger partial charge in [0, 0.05) is 0 Å². The van der Waals surface area contributed by atoms with Gasteiger partial charge >= 0.3 is 0 Å². The fourth-order valence-electron chi connectivity index (χ4n) is 3.00. The SMILES string of the molecule is CCC[C@H]1CC[C@H](/C=C/COc2ccc(F)cc2)CC1. The van der Waals surface area contributed by atoms with E-state index < -0.39 is 0 Å². The van der Waals surface area contributed by atoms with E-state index in [9.17, 15) is 4.39 Å². The van der Waals surface area contributed by atoms with Gasteiger partial charge in [-0.15, -0.1) is 0 Å². The molecule has 0 spiro atoms. The molecule has 110 valence electrons. The van der Waals surface area contributed by atoms with Crippen molar-refractivity contribution in [3.05, 3.63) is 42.2 Å². The lowest BCUT2D eigenvalue weighted by Crippen LogP contribution is -2.13. The number of hydrogen-bond donors (Lipinski definition) is 0. The molecule has 2 rings (SSSR count). The third-order valence-electron chi connectivity index (χ3n) is 4.16. The number of halogens is 1. The molecule has 1 aliphatic rings. The summed E-state index contributed by atoms with van der Waals surface area (Å²) < 4.78 is 18.3. The van der Waals surface area contributed by atoms with E-state index in [1.807, 2.05) is 0 Å². The fourth-order valence-corrected chi connectivity index (χ4v) is 3.00. The molecule has 1 aromatic carbocycles. The van der Waals surface area contributed by atoms with Gasteiger partial charge in [-0.05, 0) is 61.8 Å². The molecule has 0 amide bonds. The number of allylic oxidation sites excluding steroid dienone is 1. The average molecular weight is 276 g/mol. The van der Waals surface area contributed by atoms with Crippen molar-refractivity contribution >= 4 is 0 Å². The van der Waals surface area contributed by atoms with Crippen LogP contribution in [0.25, 0.3) is 0 Å². The van der Waals surface area contributed by atoms with Crippen LogP contribution < -0.4 is 4.74 Å². The van der Waals surface area contributed by atoms with Crippen molar-refractivity contribution in [3.63, 3.8) is 0 Å². The highest BCUT2D eigenvalue weighted by Gasteiger charge is 2.18. The van der Waals surface area contributed by atoms with Crippen molar-refractivity contribution in [2.24, 2.45) is 11.8 Å². The van der Waals surface area contributed by atoms with E-state index in [-0.39, 0.29) is 5.82 Å². The van der Waals surface area contributed by atoms with Crippen LogP contribution in [0.5, 0.6) is 5.75 Å². The minimum atomic E-state index is -0.225. The molecule has 0 radical (unpaired) electrons. The summed E-state index contributed by atoms with van der Waals surface area (Å²) in [4.78, 5) is 0. The van der Waals surface area contributed by atoms with Crippen LogP contribution in [-0.4, -0.2) is 6.61 Å². The summed E-state index contributed by atoms with van der Waals surface area (Å²) in [6, 6.07) is 6.18. The van der Waals surface area contributed by atoms with Crippen LogP contribution in [0.4, 0.5) is 4.39 Å². The lowest BCUT2D eigenvalue weighted by molar-refractivity contribution is 0.292. The van der Waals surface area contributed by atoms with Crippen molar-refractivity contribution in [2.45, 2.75) is 45.4 Å². The van der Waals surface area contributed by atoms with Crippen molar-refractivity contribution < 1.29 is 9.13 Å². The highest BCUT2D eigenvalue weighted by atomic mass is 19.1. The molecule has 1 aliphatic carbocycles. The van der Waals surface area contributed by atoms with Crippen LogP contribution >= 0.6 is 0 Å². The maximum Gasteiger partial charge on any atom is 0.123 e. The normalized spacial score (nSPS) is 23.1. The van der Waals surface area contributed by atoms with Gasteiger partial charge in [0.05, 0.1) is 0 Å². The van der Waals surface area contributed by atoms with E-state index in [0.717, 1.165) is 17.6 Å². The van der Waals surface area contributed by atoms with Crippen molar-refractivity contribution in [1.82, 2.24) is 0 Å². The van der Waals surface area contributed by atoms with Gasteiger partial charge in [0.15, 0.2) is 0 Å². The minimum absolute atomic E-state index is 0.225. The molecule has 2 heteroatoms. The quantitative estimate of drug-likeness (QED) is 0.635. The van der Waals surface area contributed by atoms with Gasteiger partial charge in [0.25, 0.3) is 0 Å². The third-order valence-corrected chi connectivity index (χ3v) is 4.16. The monoisotopic (exact) mass is 276 g/mol. The van der Waals surface area contributed by atoms with E-state index in [0.29, 0.717) is 6.61 Å². The summed E-state index contributed by atoms with van der Waals surface area (Å²) in [6.45, 7) is 2.85. The van der Waals surface area contributed by atoms with Gasteiger partial charge in [-0.2, -0.15) is 0 Å². The molecule has 0 heterocycles. The van der Waals surface area contributed by atoms with E-state index in [1.54, 1.807) is 12.1 Å². The van der Waals surface area contributed by atoms with Crippen molar-refractivity contribution in [3.8, 4) is 5.75 Å². The van der Waals surface area contributed by atoms with Crippen molar-refractivity contribution in [2.75, 3.05) is 6.61 Å². The highest BCUT2D eigenvalue weighted by Crippen LogP contribution is 2.32. The first-order valence-electron chi connectivity index (χ1n) is 7.83. The van der Waals surface area contributed by atoms with Crippen molar-refractivity contribution in [1.29, 1.82) is 0 Å². The van der Waals surface area contributed by atoms with Gasteiger partial charge in [0.2, 0.25) is 0 Å². The second-order valence-corrected chi connectivity index (χ2v) is 5.76. The second-order valence-electron chi connectivity index (χ2n) is 5.76. The Bertz CT molecular complexity index is 402. The molecule has 20 heavy (non-hydrogen) atoms. The van der Waals surface area contributed by atoms with E-state index in [1.165, 1.54) is 50.7 Å². The molecule has 0 aliphatic heterocycles. The topological polar surface area (TPSA) is 9.23 Å². The molecule has 1 nitrogen and oxygen atoms in total. The Hall–Kier alpha value is -1.31. The molecule has 0 saturated heterocycles. The van der Waals surface area contributed by atoms with Crippen LogP contribution in [-0.2, 0) is 0 Å². The van der Waals surface area contributed by atoms with Crippen LogP contribution in [0, 0.1) is 17.7 Å². The van der Waals surface area contributed by atoms with Gasteiger partial charge in [-0.25, -0.2) is 4.39 Å². The molecule has 0 bridgehead atoms. The minimum Gasteiger partial charge on any atom is -0.490 e. The summed E-state index contributed by atoms with van der Waals surface area (Å²) >= 11 is 0. The Morgan fingerprint density at radius 1 is 1.15 bits per heavy atom. The molecule has 1 fully saturated rings. The van der Waals surface area contributed by atoms with Crippen LogP contribution in [0.1, 0.15) is 45.4 Å². The van der Waals surface area contributed by atoms with E-state index in [2.05, 4.69) is 19.1 Å². The van der Waals surface area contributed by atoms with Gasteiger partial charge in [0.1, 0.15) is 18.2 Å². The maximum atomic E-state index is 12.7. The zero-order valence-electron chi connectivity index (χ0n) is 12.4. The molecule has 1 saturated carbocycles. The van der Waals surface area contributed by atoms with Crippen LogP contribution in [0.2, 0.25) is 0 Å². The summed E-state index contributed by atoms with van der Waals surface area (Å²) in [5, 5.41) is 0. The Kier molecular flexibility index (Phi) is 6.10. The van der Waals surface area contributed by atoms with Gasteiger partial charge in [-0.3, -0.25) is 0 Å². The number of hydrogen-bond acceptors (Lipinski definition) is 1. The number of ether oxygens (including phenoxy) is 1. The molecule has 1 aromatic rings. The lowest BCUT2D eigenvalue weighted by atomic mass is 9.80. The van der Waals surface area contributed by atoms with E-state index in [4.69, 9.17) is 4.74 Å². The highest BCUT2D eigenvalue weighted by molar-refractivity contribution is 5.22. The summed E-state index contributed by atoms with van der Waals surface area (Å²) in [6.07, 6.45) is 12.5. The molecular weight excluding hydrogens is 251 g/mol. The Labute approximate surface area is 121 Å². The largest absolute Gasteiger partial charge is 0.490 e. The van der Waals surface area contributed by atoms with Crippen LogP contribution in [0.3, 0.4) is 0 Å². The third kappa shape index (κ3) is 4.99. The molecule has 0 aromatic heterocycles. The summed E-state index contributed by atoms with van der Waals surface area (Å²) in [5.41, 5.74) is 0. The summed E-state index contributed by atoms with van der Waals surface area (Å²) in [5.74, 6) is 2.18. The number of rotatable bonds is 6. The Morgan fingerprint density at radius 2 is 1.85 bits per heavy atom. The lowest BCUT2D eigenvalue weighted by Gasteiger charge is -2.26. The first-order valence-corrected chi connectivity index (χ1v) is 7.83. The number of benzene rings is 1. The second kappa shape index (κ2) is 8.08. The molecule has 0 atom stereocenters. The predicted octanol–water partition coefficient (Wildman–Crippen LogP) is 5.37. The average Bonchev–Trinajstić information content (AvgIpc) is 2.47. The standard InChI is InChI=1S/C18H25FO/c1-2-4-15-6-8-16(9-7-15)5-3-14-20-18-12-10-17(19)11-13-18/h3,5,10-13,15-16H,2,4,6-9,14H2,1H3/b5-3+/t15-,16-. The molecular formula is C18H25FO. The zero-order chi connectivity index (χ0) is 14.2. The van der Waals surface area contributed by atoms with Gasteiger partial charge in [-0.1, -0.05) is 31.9 Å². The Morgan fingerprint density at radius 3 is 2.50 bits per heavy atom. The summed E-state index contributed by atoms with van der Waals surface area (Å²) in [7, 11) is 0. The molecule has 0 N–H and O–H groups in total. The molecule has 0 unspecified atom stereocenters. The smallest absolute Gasteiger partial charge is 0.123 e. The van der Waals surface area contributed by atoms with Crippen LogP contribution in [0.15, 0.2) is 36.4 Å². The maximum absolute atomic E-state index is 12.7. The zero-order valence-corrected chi connectivity index (χ0v) is 12.4. The first-order chi connectivity index (χ1) is 9.78. The first kappa shape index (κ1) is 15.1. The van der Waals surface area contributed by atoms with Gasteiger partial charge < -0.3 is 4.74 Å². The Balaban J connectivity index is 1.65. The van der Waals surface area contributed by atoms with E-state index >= 15 is 0 Å². The fraction of sp³-hybridized carbons (Fsp3) is 0.556.